The number of hydrogen-bond donors (Lipinski definition) is 1. The molecular formula is C17H31NO4. The molecule has 0 aromatic rings. The number of carbonyl (C=O) groups is 1. The van der Waals surface area contributed by atoms with Gasteiger partial charge in [0, 0.05) is 6.61 Å². The molecule has 2 rings (SSSR count). The summed E-state index contributed by atoms with van der Waals surface area (Å²) in [4.78, 5) is 14.4. The maximum atomic E-state index is 12.7. The van der Waals surface area contributed by atoms with Crippen LogP contribution in [-0.4, -0.2) is 46.7 Å². The Hall–Kier alpha value is -0.810. The predicted molar refractivity (Wildman–Crippen MR) is 84.4 cm³/mol. The van der Waals surface area contributed by atoms with Gasteiger partial charge in [0.05, 0.1) is 12.6 Å². The molecule has 22 heavy (non-hydrogen) atoms. The second-order valence-electron chi connectivity index (χ2n) is 8.04. The molecule has 128 valence electrons. The predicted octanol–water partition coefficient (Wildman–Crippen LogP) is 3.16. The molecule has 0 radical (unpaired) electrons. The molecular weight excluding hydrogens is 282 g/mol. The van der Waals surface area contributed by atoms with E-state index in [4.69, 9.17) is 9.47 Å². The monoisotopic (exact) mass is 313 g/mol. The van der Waals surface area contributed by atoms with Crippen molar-refractivity contribution < 1.29 is 19.4 Å². The largest absolute Gasteiger partial charge is 0.444 e. The molecule has 0 aromatic carbocycles. The standard InChI is InChI=1S/C17H31NO4/c1-16(2,3)22-15(20)18-14(11-21-17(18,4)5)13(9-10-19)12-7-6-8-12/h12-14,19H,6-11H2,1-5H3/t13-,14-/m1/s1. The molecule has 1 N–H and O–H groups in total. The van der Waals surface area contributed by atoms with Crippen LogP contribution in [0.3, 0.4) is 0 Å². The van der Waals surface area contributed by atoms with E-state index in [0.717, 1.165) is 0 Å². The summed E-state index contributed by atoms with van der Waals surface area (Å²) in [7, 11) is 0. The van der Waals surface area contributed by atoms with Crippen molar-refractivity contribution in [2.24, 2.45) is 11.8 Å². The van der Waals surface area contributed by atoms with Gasteiger partial charge in [-0.3, -0.25) is 4.90 Å². The van der Waals surface area contributed by atoms with E-state index in [-0.39, 0.29) is 24.7 Å². The number of hydrogen-bond acceptors (Lipinski definition) is 4. The van der Waals surface area contributed by atoms with Gasteiger partial charge in [-0.2, -0.15) is 0 Å². The van der Waals surface area contributed by atoms with Crippen molar-refractivity contribution in [3.05, 3.63) is 0 Å². The zero-order valence-corrected chi connectivity index (χ0v) is 14.6. The molecule has 2 atom stereocenters. The highest BCUT2D eigenvalue weighted by Gasteiger charge is 2.50. The average Bonchev–Trinajstić information content (AvgIpc) is 2.59. The Balaban J connectivity index is 2.18. The number of ether oxygens (including phenoxy) is 2. The molecule has 0 bridgehead atoms. The molecule has 5 heteroatoms. The summed E-state index contributed by atoms with van der Waals surface area (Å²) in [5.74, 6) is 0.868. The highest BCUT2D eigenvalue weighted by molar-refractivity contribution is 5.69. The summed E-state index contributed by atoms with van der Waals surface area (Å²) in [6, 6.07) is -0.0118. The van der Waals surface area contributed by atoms with Gasteiger partial charge >= 0.3 is 6.09 Å². The average molecular weight is 313 g/mol. The highest BCUT2D eigenvalue weighted by atomic mass is 16.6. The number of aliphatic hydroxyl groups is 1. The zero-order chi connectivity index (χ0) is 16.5. The number of nitrogens with zero attached hydrogens (tertiary/aromatic N) is 1. The summed E-state index contributed by atoms with van der Waals surface area (Å²) >= 11 is 0. The summed E-state index contributed by atoms with van der Waals surface area (Å²) in [5.41, 5.74) is -1.19. The molecule has 1 saturated carbocycles. The Labute approximate surface area is 134 Å². The van der Waals surface area contributed by atoms with Crippen LogP contribution in [0.4, 0.5) is 4.79 Å². The van der Waals surface area contributed by atoms with E-state index in [1.165, 1.54) is 19.3 Å². The Kier molecular flexibility index (Phi) is 5.07. The molecule has 1 amide bonds. The zero-order valence-electron chi connectivity index (χ0n) is 14.6. The van der Waals surface area contributed by atoms with E-state index in [0.29, 0.717) is 18.9 Å². The summed E-state index contributed by atoms with van der Waals surface area (Å²) < 4.78 is 11.5. The van der Waals surface area contributed by atoms with Crippen molar-refractivity contribution in [3.8, 4) is 0 Å². The fraction of sp³-hybridized carbons (Fsp3) is 0.941. The quantitative estimate of drug-likeness (QED) is 0.866. The first-order chi connectivity index (χ1) is 10.2. The van der Waals surface area contributed by atoms with Crippen LogP contribution in [0.2, 0.25) is 0 Å². The highest BCUT2D eigenvalue weighted by Crippen LogP contribution is 2.42. The van der Waals surface area contributed by atoms with Crippen molar-refractivity contribution in [1.82, 2.24) is 4.90 Å². The molecule has 1 saturated heterocycles. The van der Waals surface area contributed by atoms with Crippen LogP contribution in [0.15, 0.2) is 0 Å². The molecule has 0 unspecified atom stereocenters. The van der Waals surface area contributed by atoms with Crippen LogP contribution in [-0.2, 0) is 9.47 Å². The number of carbonyl (C=O) groups excluding carboxylic acids is 1. The van der Waals surface area contributed by atoms with E-state index in [2.05, 4.69) is 0 Å². The third kappa shape index (κ3) is 3.74. The minimum Gasteiger partial charge on any atom is -0.444 e. The molecule has 1 heterocycles. The van der Waals surface area contributed by atoms with E-state index in [1.54, 1.807) is 4.90 Å². The first-order valence-corrected chi connectivity index (χ1v) is 8.43. The Morgan fingerprint density at radius 3 is 2.50 bits per heavy atom. The molecule has 0 spiro atoms. The van der Waals surface area contributed by atoms with Crippen LogP contribution >= 0.6 is 0 Å². The van der Waals surface area contributed by atoms with Crippen LogP contribution in [0.1, 0.15) is 60.3 Å². The van der Waals surface area contributed by atoms with Gasteiger partial charge in [-0.25, -0.2) is 4.79 Å². The van der Waals surface area contributed by atoms with Gasteiger partial charge in [0.2, 0.25) is 0 Å². The fourth-order valence-electron chi connectivity index (χ4n) is 3.57. The molecule has 0 aromatic heterocycles. The van der Waals surface area contributed by atoms with E-state index < -0.39 is 11.3 Å². The molecule has 1 aliphatic heterocycles. The van der Waals surface area contributed by atoms with E-state index in [9.17, 15) is 9.90 Å². The summed E-state index contributed by atoms with van der Waals surface area (Å²) in [6.07, 6.45) is 4.01. The van der Waals surface area contributed by atoms with Crippen molar-refractivity contribution in [2.45, 2.75) is 77.7 Å². The topological polar surface area (TPSA) is 59.0 Å². The smallest absolute Gasteiger partial charge is 0.412 e. The number of aliphatic hydroxyl groups excluding tert-OH is 1. The van der Waals surface area contributed by atoms with Crippen molar-refractivity contribution >= 4 is 6.09 Å². The van der Waals surface area contributed by atoms with Gasteiger partial charge in [-0.1, -0.05) is 19.3 Å². The van der Waals surface area contributed by atoms with Crippen molar-refractivity contribution in [3.63, 3.8) is 0 Å². The minimum absolute atomic E-state index is 0.0118. The molecule has 2 aliphatic rings. The first kappa shape index (κ1) is 17.5. The third-order valence-electron chi connectivity index (χ3n) is 4.82. The molecule has 1 aliphatic carbocycles. The van der Waals surface area contributed by atoms with Gasteiger partial charge in [0.15, 0.2) is 0 Å². The lowest BCUT2D eigenvalue weighted by atomic mass is 9.71. The third-order valence-corrected chi connectivity index (χ3v) is 4.82. The second-order valence-corrected chi connectivity index (χ2v) is 8.04. The Morgan fingerprint density at radius 2 is 2.05 bits per heavy atom. The van der Waals surface area contributed by atoms with Crippen LogP contribution in [0, 0.1) is 11.8 Å². The van der Waals surface area contributed by atoms with Crippen LogP contribution in [0.25, 0.3) is 0 Å². The summed E-state index contributed by atoms with van der Waals surface area (Å²) in [6.45, 7) is 10.1. The lowest BCUT2D eigenvalue weighted by Gasteiger charge is -2.42. The van der Waals surface area contributed by atoms with E-state index in [1.807, 2.05) is 34.6 Å². The number of rotatable bonds is 4. The fourth-order valence-corrected chi connectivity index (χ4v) is 3.57. The first-order valence-electron chi connectivity index (χ1n) is 8.43. The minimum atomic E-state index is -0.662. The maximum Gasteiger partial charge on any atom is 0.412 e. The van der Waals surface area contributed by atoms with Gasteiger partial charge in [0.1, 0.15) is 11.3 Å². The molecule has 5 nitrogen and oxygen atoms in total. The molecule has 2 fully saturated rings. The van der Waals surface area contributed by atoms with Gasteiger partial charge in [-0.05, 0) is 52.9 Å². The van der Waals surface area contributed by atoms with Crippen LogP contribution in [0.5, 0.6) is 0 Å². The van der Waals surface area contributed by atoms with E-state index >= 15 is 0 Å². The number of amides is 1. The van der Waals surface area contributed by atoms with Gasteiger partial charge < -0.3 is 14.6 Å². The maximum absolute atomic E-state index is 12.7. The normalized spacial score (nSPS) is 26.6. The van der Waals surface area contributed by atoms with Gasteiger partial charge in [-0.15, -0.1) is 0 Å². The summed E-state index contributed by atoms with van der Waals surface area (Å²) in [5, 5.41) is 9.43. The Morgan fingerprint density at radius 1 is 1.41 bits per heavy atom. The van der Waals surface area contributed by atoms with Gasteiger partial charge in [0.25, 0.3) is 0 Å². The Bertz CT molecular complexity index is 398. The lowest BCUT2D eigenvalue weighted by Crippen LogP contribution is -2.53. The van der Waals surface area contributed by atoms with Crippen molar-refractivity contribution in [1.29, 1.82) is 0 Å². The van der Waals surface area contributed by atoms with Crippen LogP contribution < -0.4 is 0 Å². The second kappa shape index (κ2) is 6.36. The lowest BCUT2D eigenvalue weighted by molar-refractivity contribution is -0.0670. The van der Waals surface area contributed by atoms with Crippen molar-refractivity contribution in [2.75, 3.05) is 13.2 Å². The SMILES string of the molecule is CC(C)(C)OC(=O)N1[C@@H]([C@H](CCO)C2CCC2)COC1(C)C.